The first-order chi connectivity index (χ1) is 24.5. The van der Waals surface area contributed by atoms with Gasteiger partial charge in [-0.3, -0.25) is 19.2 Å². The molecule has 1 aromatic carbocycles. The van der Waals surface area contributed by atoms with E-state index >= 15 is 4.79 Å². The summed E-state index contributed by atoms with van der Waals surface area (Å²) in [6.07, 6.45) is 10.1. The van der Waals surface area contributed by atoms with Crippen LogP contribution in [-0.2, 0) is 19.1 Å². The molecule has 2 heterocycles. The van der Waals surface area contributed by atoms with Crippen LogP contribution in [0.2, 0.25) is 0 Å². The molecule has 7 heteroatoms. The molecule has 2 amide bonds. The third-order valence-electron chi connectivity index (χ3n) is 17.1. The highest BCUT2D eigenvalue weighted by Gasteiger charge is 2.71. The number of amides is 2. The van der Waals surface area contributed by atoms with Crippen molar-refractivity contribution in [2.75, 3.05) is 13.1 Å². The van der Waals surface area contributed by atoms with Crippen molar-refractivity contribution >= 4 is 23.6 Å². The first-order valence-corrected chi connectivity index (χ1v) is 20.6. The Labute approximate surface area is 311 Å². The van der Waals surface area contributed by atoms with Gasteiger partial charge >= 0.3 is 5.97 Å². The van der Waals surface area contributed by atoms with Crippen LogP contribution < -0.4 is 0 Å². The standard InChI is InChI=1S/C45H62N2O5/c1-27(2)37-33(49)24-45(40(51)47-30-14-15-31(47)26-46(25-30)39(50)29-12-10-9-11-13-29)23-22-43(7)32(38(37)45)16-17-35-42(6)20-19-36(52-28(3)48)41(4,5)34(42)18-21-44(35,43)8/h9-13,27,30-32,34-36H,14-26H2,1-8H3/t30?,31?,32-,34?,35?,36+,42+,43-,44-,45-/m1/s1. The summed E-state index contributed by atoms with van der Waals surface area (Å²) < 4.78 is 5.97. The highest BCUT2D eigenvalue weighted by molar-refractivity contribution is 6.07. The zero-order valence-corrected chi connectivity index (χ0v) is 33.1. The average molecular weight is 711 g/mol. The lowest BCUT2D eigenvalue weighted by Crippen LogP contribution is -2.67. The SMILES string of the molecule is CC(=O)O[C@H]1CC[C@@]2(C)C(CC[C@]3(C)C2CC[C@@H]2C4=C(C(C)C)C(=O)C[C@]4(C(=O)N4C5CCC4CN(C(=O)c4ccccc4)C5)CC[C@]23C)C1(C)C. The fourth-order valence-corrected chi connectivity index (χ4v) is 14.7. The normalized spacial score (nSPS) is 42.0. The summed E-state index contributed by atoms with van der Waals surface area (Å²) in [5.41, 5.74) is 2.22. The van der Waals surface area contributed by atoms with Crippen LogP contribution in [-0.4, -0.2) is 64.6 Å². The second-order valence-electron chi connectivity index (χ2n) is 19.9. The molecular formula is C45H62N2O5. The number of hydrogen-bond donors (Lipinski definition) is 0. The molecule has 7 nitrogen and oxygen atoms in total. The molecule has 8 rings (SSSR count). The zero-order chi connectivity index (χ0) is 37.2. The Bertz CT molecular complexity index is 1700. The van der Waals surface area contributed by atoms with E-state index in [0.29, 0.717) is 36.9 Å². The van der Waals surface area contributed by atoms with E-state index in [1.165, 1.54) is 5.57 Å². The second-order valence-corrected chi connectivity index (χ2v) is 19.9. The first kappa shape index (κ1) is 36.0. The summed E-state index contributed by atoms with van der Waals surface area (Å²) in [5, 5.41) is 0. The number of piperazine rings is 1. The third kappa shape index (κ3) is 4.81. The molecule has 6 fully saturated rings. The molecule has 0 N–H and O–H groups in total. The van der Waals surface area contributed by atoms with Gasteiger partial charge in [0.1, 0.15) is 6.10 Å². The third-order valence-corrected chi connectivity index (χ3v) is 17.1. The van der Waals surface area contributed by atoms with Crippen molar-refractivity contribution in [3.8, 4) is 0 Å². The minimum absolute atomic E-state index is 0.00464. The van der Waals surface area contributed by atoms with Crippen molar-refractivity contribution in [3.05, 3.63) is 47.0 Å². The van der Waals surface area contributed by atoms with Crippen molar-refractivity contribution in [2.45, 2.75) is 144 Å². The number of benzene rings is 1. The van der Waals surface area contributed by atoms with E-state index in [1.54, 1.807) is 6.92 Å². The summed E-state index contributed by atoms with van der Waals surface area (Å²) >= 11 is 0. The Kier molecular flexibility index (Phi) is 8.33. The van der Waals surface area contributed by atoms with E-state index in [0.717, 1.165) is 69.8 Å². The molecule has 2 aliphatic heterocycles. The maximum atomic E-state index is 15.4. The zero-order valence-electron chi connectivity index (χ0n) is 33.1. The number of likely N-dealkylation sites (tertiary alicyclic amines) is 1. The summed E-state index contributed by atoms with van der Waals surface area (Å²) in [6.45, 7) is 19.4. The summed E-state index contributed by atoms with van der Waals surface area (Å²) in [5.74, 6) is 1.54. The first-order valence-electron chi connectivity index (χ1n) is 20.6. The minimum Gasteiger partial charge on any atom is -0.462 e. The quantitative estimate of drug-likeness (QED) is 0.293. The van der Waals surface area contributed by atoms with Crippen molar-refractivity contribution in [1.82, 2.24) is 9.80 Å². The predicted octanol–water partition coefficient (Wildman–Crippen LogP) is 8.41. The van der Waals surface area contributed by atoms with Crippen molar-refractivity contribution in [2.24, 2.45) is 50.7 Å². The van der Waals surface area contributed by atoms with Crippen LogP contribution >= 0.6 is 0 Å². The molecule has 52 heavy (non-hydrogen) atoms. The van der Waals surface area contributed by atoms with Gasteiger partial charge in [-0.05, 0) is 127 Å². The van der Waals surface area contributed by atoms with Crippen molar-refractivity contribution in [1.29, 1.82) is 0 Å². The van der Waals surface area contributed by atoms with Gasteiger partial charge in [0.05, 0.1) is 5.41 Å². The Hall–Kier alpha value is -2.96. The highest BCUT2D eigenvalue weighted by Crippen LogP contribution is 2.77. The average Bonchev–Trinajstić information content (AvgIpc) is 3.55. The van der Waals surface area contributed by atoms with Gasteiger partial charge in [0, 0.05) is 49.5 Å². The van der Waals surface area contributed by atoms with Gasteiger partial charge in [0.25, 0.3) is 5.91 Å². The van der Waals surface area contributed by atoms with Gasteiger partial charge < -0.3 is 14.5 Å². The number of allylic oxidation sites excluding steroid dienone is 1. The van der Waals surface area contributed by atoms with Gasteiger partial charge in [-0.25, -0.2) is 0 Å². The molecule has 2 saturated heterocycles. The number of esters is 1. The second kappa shape index (κ2) is 12.0. The minimum atomic E-state index is -0.762. The molecular weight excluding hydrogens is 649 g/mol. The molecule has 10 atom stereocenters. The van der Waals surface area contributed by atoms with E-state index in [1.807, 2.05) is 35.2 Å². The number of ether oxygens (including phenoxy) is 1. The molecule has 0 spiro atoms. The lowest BCUT2D eigenvalue weighted by molar-refractivity contribution is -0.233. The number of rotatable bonds is 4. The van der Waals surface area contributed by atoms with E-state index in [9.17, 15) is 14.4 Å². The molecule has 0 aromatic heterocycles. The van der Waals surface area contributed by atoms with Crippen LogP contribution in [0.1, 0.15) is 136 Å². The van der Waals surface area contributed by atoms with Crippen LogP contribution in [0.3, 0.4) is 0 Å². The Morgan fingerprint density at radius 3 is 2.10 bits per heavy atom. The number of carbonyl (C=O) groups excluding carboxylic acids is 4. The fourth-order valence-electron chi connectivity index (χ4n) is 14.7. The van der Waals surface area contributed by atoms with E-state index < -0.39 is 5.41 Å². The van der Waals surface area contributed by atoms with Gasteiger partial charge in [-0.1, -0.05) is 66.7 Å². The van der Waals surface area contributed by atoms with Crippen LogP contribution in [0.15, 0.2) is 41.5 Å². The Balaban J connectivity index is 1.12. The monoisotopic (exact) mass is 710 g/mol. The fraction of sp³-hybridized carbons (Fsp3) is 0.733. The number of hydrogen-bond acceptors (Lipinski definition) is 5. The van der Waals surface area contributed by atoms with Gasteiger partial charge in [0.15, 0.2) is 5.78 Å². The number of nitrogens with zero attached hydrogens (tertiary/aromatic N) is 2. The van der Waals surface area contributed by atoms with Crippen LogP contribution in [0, 0.1) is 50.7 Å². The van der Waals surface area contributed by atoms with Crippen LogP contribution in [0.4, 0.5) is 0 Å². The largest absolute Gasteiger partial charge is 0.462 e. The van der Waals surface area contributed by atoms with Crippen LogP contribution in [0.25, 0.3) is 0 Å². The Morgan fingerprint density at radius 2 is 1.46 bits per heavy atom. The number of Topliss-reactive ketones (excluding diaryl/α,β-unsaturated/α-hetero) is 1. The molecule has 4 saturated carbocycles. The lowest BCUT2D eigenvalue weighted by atomic mass is 9.33. The van der Waals surface area contributed by atoms with Gasteiger partial charge in [0.2, 0.25) is 5.91 Å². The number of fused-ring (bicyclic) bond motifs is 9. The number of carbonyl (C=O) groups is 4. The maximum Gasteiger partial charge on any atom is 0.302 e. The summed E-state index contributed by atoms with van der Waals surface area (Å²) in [6, 6.07) is 9.50. The highest BCUT2D eigenvalue weighted by atomic mass is 16.5. The molecule has 5 aliphatic carbocycles. The van der Waals surface area contributed by atoms with Gasteiger partial charge in [-0.15, -0.1) is 0 Å². The molecule has 282 valence electrons. The smallest absolute Gasteiger partial charge is 0.302 e. The lowest BCUT2D eigenvalue weighted by Gasteiger charge is -2.72. The van der Waals surface area contributed by atoms with Crippen LogP contribution in [0.5, 0.6) is 0 Å². The van der Waals surface area contributed by atoms with Gasteiger partial charge in [-0.2, -0.15) is 0 Å². The topological polar surface area (TPSA) is 84.0 Å². The van der Waals surface area contributed by atoms with E-state index in [4.69, 9.17) is 4.74 Å². The Morgan fingerprint density at radius 1 is 0.788 bits per heavy atom. The molecule has 1 aromatic rings. The molecule has 0 radical (unpaired) electrons. The molecule has 7 aliphatic rings. The van der Waals surface area contributed by atoms with Crippen molar-refractivity contribution in [3.63, 3.8) is 0 Å². The summed E-state index contributed by atoms with van der Waals surface area (Å²) in [4.78, 5) is 59.5. The summed E-state index contributed by atoms with van der Waals surface area (Å²) in [7, 11) is 0. The van der Waals surface area contributed by atoms with Crippen molar-refractivity contribution < 1.29 is 23.9 Å². The van der Waals surface area contributed by atoms with E-state index in [2.05, 4.69) is 53.4 Å². The van der Waals surface area contributed by atoms with E-state index in [-0.39, 0.29) is 75.3 Å². The predicted molar refractivity (Wildman–Crippen MR) is 201 cm³/mol. The number of ketones is 1. The molecule has 2 bridgehead atoms. The maximum absolute atomic E-state index is 15.4. The molecule has 4 unspecified atom stereocenters.